The first-order valence-electron chi connectivity index (χ1n) is 15.0. The molecule has 0 amide bonds. The summed E-state index contributed by atoms with van der Waals surface area (Å²) in [5.74, 6) is 0.427. The molecule has 0 bridgehead atoms. The lowest BCUT2D eigenvalue weighted by Gasteiger charge is -2.33. The SMILES string of the molecule is CC1C=C(c2cccc3cccc(-c4ccccc4)c23)C(N(c2ccccc2)c2ccc3oc4ccccc4c3c2)=CC1. The zero-order chi connectivity index (χ0) is 28.8. The smallest absolute Gasteiger partial charge is 0.135 e. The third-order valence-corrected chi connectivity index (χ3v) is 8.56. The van der Waals surface area contributed by atoms with Crippen molar-refractivity contribution in [2.24, 2.45) is 5.92 Å². The van der Waals surface area contributed by atoms with Crippen molar-refractivity contribution < 1.29 is 4.42 Å². The number of para-hydroxylation sites is 2. The van der Waals surface area contributed by atoms with Gasteiger partial charge in [-0.05, 0) is 76.2 Å². The van der Waals surface area contributed by atoms with Gasteiger partial charge < -0.3 is 9.32 Å². The zero-order valence-corrected chi connectivity index (χ0v) is 24.1. The molecule has 0 N–H and O–H groups in total. The van der Waals surface area contributed by atoms with Gasteiger partial charge in [0, 0.05) is 33.4 Å². The Labute approximate surface area is 251 Å². The van der Waals surface area contributed by atoms with Crippen LogP contribution in [0, 0.1) is 5.92 Å². The van der Waals surface area contributed by atoms with E-state index in [0.29, 0.717) is 5.92 Å². The Hall–Kier alpha value is -5.34. The van der Waals surface area contributed by atoms with Crippen LogP contribution in [-0.2, 0) is 0 Å². The molecule has 43 heavy (non-hydrogen) atoms. The monoisotopic (exact) mass is 553 g/mol. The first kappa shape index (κ1) is 25.4. The highest BCUT2D eigenvalue weighted by atomic mass is 16.3. The van der Waals surface area contributed by atoms with Crippen LogP contribution in [0.4, 0.5) is 11.4 Å². The summed E-state index contributed by atoms with van der Waals surface area (Å²) in [4.78, 5) is 2.42. The summed E-state index contributed by atoms with van der Waals surface area (Å²) >= 11 is 0. The summed E-state index contributed by atoms with van der Waals surface area (Å²) in [6, 6.07) is 49.7. The van der Waals surface area contributed by atoms with E-state index < -0.39 is 0 Å². The third-order valence-electron chi connectivity index (χ3n) is 8.56. The highest BCUT2D eigenvalue weighted by molar-refractivity contribution is 6.09. The molecular weight excluding hydrogens is 522 g/mol. The molecule has 1 aromatic heterocycles. The van der Waals surface area contributed by atoms with Gasteiger partial charge in [0.2, 0.25) is 0 Å². The zero-order valence-electron chi connectivity index (χ0n) is 24.1. The molecule has 1 unspecified atom stereocenters. The van der Waals surface area contributed by atoms with Crippen LogP contribution in [0.1, 0.15) is 18.9 Å². The molecule has 6 aromatic carbocycles. The summed E-state index contributed by atoms with van der Waals surface area (Å²) < 4.78 is 6.20. The quantitative estimate of drug-likeness (QED) is 0.211. The van der Waals surface area contributed by atoms with E-state index in [1.807, 2.05) is 12.1 Å². The van der Waals surface area contributed by atoms with Gasteiger partial charge in [-0.25, -0.2) is 0 Å². The number of anilines is 2. The van der Waals surface area contributed by atoms with Crippen molar-refractivity contribution in [1.82, 2.24) is 0 Å². The maximum absolute atomic E-state index is 6.20. The van der Waals surface area contributed by atoms with Crippen molar-refractivity contribution in [3.8, 4) is 11.1 Å². The van der Waals surface area contributed by atoms with Gasteiger partial charge in [-0.15, -0.1) is 0 Å². The molecule has 2 heteroatoms. The molecular formula is C41H31NO. The van der Waals surface area contributed by atoms with Crippen LogP contribution in [0.2, 0.25) is 0 Å². The molecule has 0 saturated heterocycles. The maximum Gasteiger partial charge on any atom is 0.135 e. The van der Waals surface area contributed by atoms with Gasteiger partial charge in [-0.2, -0.15) is 0 Å². The topological polar surface area (TPSA) is 16.4 Å². The molecule has 2 nitrogen and oxygen atoms in total. The van der Waals surface area contributed by atoms with E-state index in [0.717, 1.165) is 39.7 Å². The van der Waals surface area contributed by atoms with Crippen LogP contribution in [0.15, 0.2) is 162 Å². The third kappa shape index (κ3) is 4.43. The van der Waals surface area contributed by atoms with Crippen LogP contribution in [0.5, 0.6) is 0 Å². The Kier molecular flexibility index (Phi) is 6.19. The molecule has 0 aliphatic heterocycles. The fraction of sp³-hybridized carbons (Fsp3) is 0.0732. The minimum absolute atomic E-state index is 0.427. The molecule has 1 aliphatic carbocycles. The summed E-state index contributed by atoms with van der Waals surface area (Å²) in [5, 5.41) is 4.79. The lowest BCUT2D eigenvalue weighted by Crippen LogP contribution is -2.20. The van der Waals surface area contributed by atoms with E-state index >= 15 is 0 Å². The van der Waals surface area contributed by atoms with Crippen molar-refractivity contribution in [3.63, 3.8) is 0 Å². The minimum Gasteiger partial charge on any atom is -0.456 e. The maximum atomic E-state index is 6.20. The van der Waals surface area contributed by atoms with Crippen molar-refractivity contribution in [1.29, 1.82) is 0 Å². The first-order chi connectivity index (χ1) is 21.2. The summed E-state index contributed by atoms with van der Waals surface area (Å²) in [5.41, 5.74) is 10.3. The number of hydrogen-bond acceptors (Lipinski definition) is 2. The normalized spacial score (nSPS) is 15.0. The van der Waals surface area contributed by atoms with E-state index in [9.17, 15) is 0 Å². The Bertz CT molecular complexity index is 2160. The predicted molar refractivity (Wildman–Crippen MR) is 182 cm³/mol. The molecule has 1 aliphatic rings. The number of benzene rings is 6. The molecule has 0 saturated carbocycles. The molecule has 0 radical (unpaired) electrons. The Morgan fingerprint density at radius 2 is 1.30 bits per heavy atom. The highest BCUT2D eigenvalue weighted by Gasteiger charge is 2.25. The summed E-state index contributed by atoms with van der Waals surface area (Å²) in [7, 11) is 0. The van der Waals surface area contributed by atoms with Crippen molar-refractivity contribution in [3.05, 3.63) is 163 Å². The Balaban J connectivity index is 1.36. The van der Waals surface area contributed by atoms with Crippen LogP contribution < -0.4 is 4.90 Å². The highest BCUT2D eigenvalue weighted by Crippen LogP contribution is 2.44. The van der Waals surface area contributed by atoms with E-state index in [1.54, 1.807) is 0 Å². The summed E-state index contributed by atoms with van der Waals surface area (Å²) in [6.07, 6.45) is 5.87. The minimum atomic E-state index is 0.427. The second-order valence-electron chi connectivity index (χ2n) is 11.4. The number of nitrogens with zero attached hydrogens (tertiary/aromatic N) is 1. The van der Waals surface area contributed by atoms with Gasteiger partial charge in [-0.3, -0.25) is 0 Å². The Morgan fingerprint density at radius 3 is 2.12 bits per heavy atom. The number of rotatable bonds is 5. The standard InChI is InChI=1S/C41H31NO/c1-28-22-24-38(36(26-28)35-20-11-15-30-14-10-19-33(41(30)35)29-12-4-2-5-13-29)42(31-16-6-3-7-17-31)32-23-25-40-37(27-32)34-18-8-9-21-39(34)43-40/h2-21,23-28H,22H2,1H3. The van der Waals surface area contributed by atoms with Gasteiger partial charge in [0.15, 0.2) is 0 Å². The lowest BCUT2D eigenvalue weighted by molar-refractivity contribution is 0.669. The average molecular weight is 554 g/mol. The summed E-state index contributed by atoms with van der Waals surface area (Å²) in [6.45, 7) is 2.31. The fourth-order valence-corrected chi connectivity index (χ4v) is 6.57. The van der Waals surface area contributed by atoms with Crippen molar-refractivity contribution in [2.45, 2.75) is 13.3 Å². The van der Waals surface area contributed by atoms with Gasteiger partial charge in [0.25, 0.3) is 0 Å². The van der Waals surface area contributed by atoms with Crippen LogP contribution >= 0.6 is 0 Å². The van der Waals surface area contributed by atoms with Crippen molar-refractivity contribution in [2.75, 3.05) is 4.90 Å². The van der Waals surface area contributed by atoms with Gasteiger partial charge >= 0.3 is 0 Å². The lowest BCUT2D eigenvalue weighted by atomic mass is 9.85. The molecule has 1 heterocycles. The number of hydrogen-bond donors (Lipinski definition) is 0. The van der Waals surface area contributed by atoms with Gasteiger partial charge in [0.05, 0.1) is 0 Å². The second-order valence-corrected chi connectivity index (χ2v) is 11.4. The van der Waals surface area contributed by atoms with E-state index in [4.69, 9.17) is 4.42 Å². The molecule has 0 fully saturated rings. The molecule has 0 spiro atoms. The average Bonchev–Trinajstić information content (AvgIpc) is 3.44. The largest absolute Gasteiger partial charge is 0.456 e. The van der Waals surface area contributed by atoms with Crippen LogP contribution in [-0.4, -0.2) is 0 Å². The molecule has 7 aromatic rings. The Morgan fingerprint density at radius 1 is 0.605 bits per heavy atom. The number of furan rings is 1. The second kappa shape index (κ2) is 10.5. The van der Waals surface area contributed by atoms with Crippen molar-refractivity contribution >= 4 is 49.7 Å². The van der Waals surface area contributed by atoms with E-state index in [1.165, 1.54) is 38.7 Å². The van der Waals surface area contributed by atoms with Gasteiger partial charge in [0.1, 0.15) is 11.2 Å². The molecule has 206 valence electrons. The van der Waals surface area contributed by atoms with E-state index in [2.05, 4.69) is 151 Å². The van der Waals surface area contributed by atoms with Gasteiger partial charge in [-0.1, -0.05) is 122 Å². The fourth-order valence-electron chi connectivity index (χ4n) is 6.57. The molecule has 8 rings (SSSR count). The molecule has 1 atom stereocenters. The number of allylic oxidation sites excluding steroid dienone is 3. The van der Waals surface area contributed by atoms with E-state index in [-0.39, 0.29) is 0 Å². The predicted octanol–water partition coefficient (Wildman–Crippen LogP) is 11.6. The van der Waals surface area contributed by atoms with Crippen LogP contribution in [0.3, 0.4) is 0 Å². The first-order valence-corrected chi connectivity index (χ1v) is 15.0. The number of fused-ring (bicyclic) bond motifs is 4. The van der Waals surface area contributed by atoms with Crippen LogP contribution in [0.25, 0.3) is 49.4 Å².